The first kappa shape index (κ1) is 11.1. The fourth-order valence-electron chi connectivity index (χ4n) is 1.83. The van der Waals surface area contributed by atoms with Gasteiger partial charge in [-0.2, -0.15) is 5.10 Å². The van der Waals surface area contributed by atoms with Crippen LogP contribution in [0.4, 0.5) is 5.69 Å². The Hall–Kier alpha value is -1.40. The second kappa shape index (κ2) is 5.09. The SMILES string of the molecule is CCNC1COCC1C(=O)Nc1cn[nH]c1. The smallest absolute Gasteiger partial charge is 0.231 e. The van der Waals surface area contributed by atoms with E-state index in [4.69, 9.17) is 4.74 Å². The topological polar surface area (TPSA) is 79.0 Å². The molecule has 0 saturated carbocycles. The van der Waals surface area contributed by atoms with Gasteiger partial charge in [0.05, 0.1) is 31.0 Å². The van der Waals surface area contributed by atoms with Gasteiger partial charge in [0.25, 0.3) is 0 Å². The van der Waals surface area contributed by atoms with Crippen molar-refractivity contribution in [2.75, 3.05) is 25.1 Å². The number of anilines is 1. The summed E-state index contributed by atoms with van der Waals surface area (Å²) >= 11 is 0. The predicted molar refractivity (Wildman–Crippen MR) is 59.0 cm³/mol. The number of ether oxygens (including phenoxy) is 1. The standard InChI is InChI=1S/C10H16N4O2/c1-2-11-9-6-16-5-8(9)10(15)14-7-3-12-13-4-7/h3-4,8-9,11H,2,5-6H2,1H3,(H,12,13)(H,14,15). The first-order chi connectivity index (χ1) is 7.81. The first-order valence-corrected chi connectivity index (χ1v) is 5.42. The van der Waals surface area contributed by atoms with Crippen LogP contribution in [0.25, 0.3) is 0 Å². The molecule has 0 aromatic carbocycles. The van der Waals surface area contributed by atoms with Crippen molar-refractivity contribution >= 4 is 11.6 Å². The fourth-order valence-corrected chi connectivity index (χ4v) is 1.83. The average Bonchev–Trinajstić information content (AvgIpc) is 2.89. The van der Waals surface area contributed by atoms with Crippen molar-refractivity contribution in [3.8, 4) is 0 Å². The van der Waals surface area contributed by atoms with Gasteiger partial charge in [-0.05, 0) is 6.54 Å². The Labute approximate surface area is 93.8 Å². The van der Waals surface area contributed by atoms with Gasteiger partial charge in [0, 0.05) is 12.2 Å². The van der Waals surface area contributed by atoms with Crippen LogP contribution in [-0.2, 0) is 9.53 Å². The monoisotopic (exact) mass is 224 g/mol. The summed E-state index contributed by atoms with van der Waals surface area (Å²) in [5.74, 6) is -0.153. The summed E-state index contributed by atoms with van der Waals surface area (Å²) in [4.78, 5) is 11.9. The van der Waals surface area contributed by atoms with Crippen LogP contribution in [0.2, 0.25) is 0 Å². The summed E-state index contributed by atoms with van der Waals surface area (Å²) in [6.45, 7) is 3.92. The van der Waals surface area contributed by atoms with Crippen LogP contribution in [-0.4, -0.2) is 41.9 Å². The van der Waals surface area contributed by atoms with Crippen LogP contribution >= 0.6 is 0 Å². The van der Waals surface area contributed by atoms with E-state index < -0.39 is 0 Å². The van der Waals surface area contributed by atoms with Gasteiger partial charge < -0.3 is 15.4 Å². The molecular formula is C10H16N4O2. The third kappa shape index (κ3) is 2.40. The minimum Gasteiger partial charge on any atom is -0.379 e. The van der Waals surface area contributed by atoms with Crippen LogP contribution in [0.5, 0.6) is 0 Å². The van der Waals surface area contributed by atoms with E-state index >= 15 is 0 Å². The molecule has 2 unspecified atom stereocenters. The molecule has 1 aliphatic rings. The Morgan fingerprint density at radius 3 is 3.25 bits per heavy atom. The van der Waals surface area contributed by atoms with E-state index in [2.05, 4.69) is 20.8 Å². The van der Waals surface area contributed by atoms with E-state index in [1.807, 2.05) is 6.92 Å². The van der Waals surface area contributed by atoms with E-state index in [9.17, 15) is 4.79 Å². The number of aromatic amines is 1. The predicted octanol–water partition coefficient (Wildman–Crippen LogP) is -0.0273. The van der Waals surface area contributed by atoms with Crippen LogP contribution in [0.15, 0.2) is 12.4 Å². The number of aromatic nitrogens is 2. The highest BCUT2D eigenvalue weighted by Crippen LogP contribution is 2.16. The number of amides is 1. The van der Waals surface area contributed by atoms with Crippen molar-refractivity contribution in [3.63, 3.8) is 0 Å². The Morgan fingerprint density at radius 1 is 1.69 bits per heavy atom. The molecule has 6 nitrogen and oxygen atoms in total. The molecule has 1 fully saturated rings. The average molecular weight is 224 g/mol. The maximum absolute atomic E-state index is 11.9. The molecule has 2 atom stereocenters. The van der Waals surface area contributed by atoms with E-state index in [0.717, 1.165) is 6.54 Å². The molecule has 2 heterocycles. The van der Waals surface area contributed by atoms with Gasteiger partial charge in [0.1, 0.15) is 0 Å². The number of nitrogens with one attached hydrogen (secondary N) is 3. The van der Waals surface area contributed by atoms with Gasteiger partial charge in [-0.3, -0.25) is 9.89 Å². The van der Waals surface area contributed by atoms with Crippen molar-refractivity contribution in [3.05, 3.63) is 12.4 Å². The number of hydrogen-bond acceptors (Lipinski definition) is 4. The molecule has 3 N–H and O–H groups in total. The zero-order valence-corrected chi connectivity index (χ0v) is 9.19. The molecular weight excluding hydrogens is 208 g/mol. The quantitative estimate of drug-likeness (QED) is 0.671. The van der Waals surface area contributed by atoms with Crippen molar-refractivity contribution in [1.29, 1.82) is 0 Å². The molecule has 0 radical (unpaired) electrons. The number of likely N-dealkylation sites (N-methyl/N-ethyl adjacent to an activating group) is 1. The third-order valence-electron chi connectivity index (χ3n) is 2.65. The molecule has 1 aromatic rings. The van der Waals surface area contributed by atoms with Gasteiger partial charge in [0.15, 0.2) is 0 Å². The molecule has 88 valence electrons. The van der Waals surface area contributed by atoms with Crippen molar-refractivity contribution in [1.82, 2.24) is 15.5 Å². The minimum atomic E-state index is -0.130. The third-order valence-corrected chi connectivity index (χ3v) is 2.65. The number of H-pyrrole nitrogens is 1. The number of hydrogen-bond donors (Lipinski definition) is 3. The summed E-state index contributed by atoms with van der Waals surface area (Å²) < 4.78 is 5.32. The largest absolute Gasteiger partial charge is 0.379 e. The van der Waals surface area contributed by atoms with E-state index in [1.54, 1.807) is 12.4 Å². The van der Waals surface area contributed by atoms with Gasteiger partial charge >= 0.3 is 0 Å². The summed E-state index contributed by atoms with van der Waals surface area (Å²) in [7, 11) is 0. The Bertz CT molecular complexity index is 339. The Kier molecular flexibility index (Phi) is 3.53. The summed E-state index contributed by atoms with van der Waals surface area (Å²) in [5.41, 5.74) is 0.687. The molecule has 1 amide bonds. The lowest BCUT2D eigenvalue weighted by atomic mass is 10.0. The Morgan fingerprint density at radius 2 is 2.56 bits per heavy atom. The first-order valence-electron chi connectivity index (χ1n) is 5.42. The van der Waals surface area contributed by atoms with Gasteiger partial charge in [-0.1, -0.05) is 6.92 Å². The molecule has 16 heavy (non-hydrogen) atoms. The summed E-state index contributed by atoms with van der Waals surface area (Å²) in [6.07, 6.45) is 3.23. The molecule has 2 rings (SSSR count). The number of nitrogens with zero attached hydrogens (tertiary/aromatic N) is 1. The fraction of sp³-hybridized carbons (Fsp3) is 0.600. The second-order valence-electron chi connectivity index (χ2n) is 3.78. The zero-order valence-electron chi connectivity index (χ0n) is 9.19. The van der Waals surface area contributed by atoms with Gasteiger partial charge in [-0.15, -0.1) is 0 Å². The highest BCUT2D eigenvalue weighted by Gasteiger charge is 2.33. The van der Waals surface area contributed by atoms with Gasteiger partial charge in [0.2, 0.25) is 5.91 Å². The lowest BCUT2D eigenvalue weighted by Crippen LogP contribution is -2.41. The van der Waals surface area contributed by atoms with Crippen molar-refractivity contribution in [2.45, 2.75) is 13.0 Å². The van der Waals surface area contributed by atoms with E-state index in [-0.39, 0.29) is 17.9 Å². The van der Waals surface area contributed by atoms with Crippen molar-refractivity contribution < 1.29 is 9.53 Å². The minimum absolute atomic E-state index is 0.0233. The molecule has 0 bridgehead atoms. The zero-order chi connectivity index (χ0) is 11.4. The second-order valence-corrected chi connectivity index (χ2v) is 3.78. The lowest BCUT2D eigenvalue weighted by Gasteiger charge is -2.17. The molecule has 1 aliphatic heterocycles. The van der Waals surface area contributed by atoms with Crippen LogP contribution in [0.1, 0.15) is 6.92 Å². The molecule has 1 saturated heterocycles. The molecule has 1 aromatic heterocycles. The number of carbonyl (C=O) groups is 1. The maximum atomic E-state index is 11.9. The molecule has 0 aliphatic carbocycles. The number of rotatable bonds is 4. The normalized spacial score (nSPS) is 24.6. The maximum Gasteiger partial charge on any atom is 0.231 e. The molecule has 6 heteroatoms. The van der Waals surface area contributed by atoms with Gasteiger partial charge in [-0.25, -0.2) is 0 Å². The number of carbonyl (C=O) groups excluding carboxylic acids is 1. The summed E-state index contributed by atoms with van der Waals surface area (Å²) in [5, 5.41) is 12.5. The van der Waals surface area contributed by atoms with E-state index in [1.165, 1.54) is 0 Å². The van der Waals surface area contributed by atoms with Crippen LogP contribution in [0, 0.1) is 5.92 Å². The summed E-state index contributed by atoms with van der Waals surface area (Å²) in [6, 6.07) is 0.108. The Balaban J connectivity index is 1.93. The highest BCUT2D eigenvalue weighted by atomic mass is 16.5. The van der Waals surface area contributed by atoms with E-state index in [0.29, 0.717) is 18.9 Å². The van der Waals surface area contributed by atoms with Crippen molar-refractivity contribution in [2.24, 2.45) is 5.92 Å². The highest BCUT2D eigenvalue weighted by molar-refractivity contribution is 5.93. The van der Waals surface area contributed by atoms with Crippen LogP contribution < -0.4 is 10.6 Å². The van der Waals surface area contributed by atoms with Crippen LogP contribution in [0.3, 0.4) is 0 Å². The lowest BCUT2D eigenvalue weighted by molar-refractivity contribution is -0.120. The molecule has 0 spiro atoms.